The number of likely N-dealkylation sites (tertiary alicyclic amines) is 1. The maximum atomic E-state index is 11.1. The highest BCUT2D eigenvalue weighted by atomic mass is 16.4. The van der Waals surface area contributed by atoms with Crippen LogP contribution < -0.4 is 5.32 Å². The van der Waals surface area contributed by atoms with Gasteiger partial charge < -0.3 is 10.4 Å². The van der Waals surface area contributed by atoms with Gasteiger partial charge in [0, 0.05) is 25.2 Å². The van der Waals surface area contributed by atoms with Crippen molar-refractivity contribution in [1.29, 1.82) is 0 Å². The first-order valence-electron chi connectivity index (χ1n) is 6.70. The molecule has 2 rings (SSSR count). The van der Waals surface area contributed by atoms with Crippen molar-refractivity contribution in [3.63, 3.8) is 0 Å². The Kier molecular flexibility index (Phi) is 3.73. The molecule has 4 nitrogen and oxygen atoms in total. The number of carboxylic acid groups (broad SMARTS) is 1. The van der Waals surface area contributed by atoms with Gasteiger partial charge in [-0.15, -0.1) is 0 Å². The molecule has 98 valence electrons. The van der Waals surface area contributed by atoms with Gasteiger partial charge in [-0.05, 0) is 46.1 Å². The van der Waals surface area contributed by atoms with Crippen LogP contribution >= 0.6 is 0 Å². The first-order chi connectivity index (χ1) is 7.99. The summed E-state index contributed by atoms with van der Waals surface area (Å²) in [5.41, 5.74) is -0.637. The van der Waals surface area contributed by atoms with Crippen molar-refractivity contribution in [2.45, 2.75) is 51.6 Å². The summed E-state index contributed by atoms with van der Waals surface area (Å²) in [6.07, 6.45) is 5.03. The molecule has 0 aromatic rings. The molecule has 1 unspecified atom stereocenters. The van der Waals surface area contributed by atoms with Gasteiger partial charge in [-0.3, -0.25) is 9.69 Å². The van der Waals surface area contributed by atoms with Crippen LogP contribution in [0.5, 0.6) is 0 Å². The molecule has 0 radical (unpaired) electrons. The van der Waals surface area contributed by atoms with E-state index >= 15 is 0 Å². The number of carboxylic acids is 1. The Morgan fingerprint density at radius 1 is 1.41 bits per heavy atom. The van der Waals surface area contributed by atoms with E-state index in [2.05, 4.69) is 10.2 Å². The molecule has 0 spiro atoms. The Morgan fingerprint density at radius 2 is 2.12 bits per heavy atom. The Labute approximate surface area is 103 Å². The fourth-order valence-corrected chi connectivity index (χ4v) is 2.50. The van der Waals surface area contributed by atoms with Gasteiger partial charge in [0.05, 0.1) is 5.41 Å². The topological polar surface area (TPSA) is 52.6 Å². The number of rotatable bonds is 6. The third-order valence-corrected chi connectivity index (χ3v) is 3.90. The van der Waals surface area contributed by atoms with Crippen molar-refractivity contribution >= 4 is 5.97 Å². The average molecular weight is 240 g/mol. The third-order valence-electron chi connectivity index (χ3n) is 3.90. The van der Waals surface area contributed by atoms with E-state index in [0.29, 0.717) is 12.6 Å². The summed E-state index contributed by atoms with van der Waals surface area (Å²) in [7, 11) is 0. The van der Waals surface area contributed by atoms with E-state index in [0.717, 1.165) is 19.1 Å². The predicted molar refractivity (Wildman–Crippen MR) is 67.0 cm³/mol. The lowest BCUT2D eigenvalue weighted by molar-refractivity contribution is -0.148. The highest BCUT2D eigenvalue weighted by Crippen LogP contribution is 2.25. The van der Waals surface area contributed by atoms with E-state index < -0.39 is 11.4 Å². The minimum Gasteiger partial charge on any atom is -0.481 e. The van der Waals surface area contributed by atoms with Crippen LogP contribution in [-0.2, 0) is 4.79 Å². The zero-order chi connectivity index (χ0) is 12.5. The summed E-state index contributed by atoms with van der Waals surface area (Å²) in [6, 6.07) is 1.28. The van der Waals surface area contributed by atoms with Gasteiger partial charge in [0.25, 0.3) is 0 Å². The van der Waals surface area contributed by atoms with E-state index in [1.165, 1.54) is 25.7 Å². The fourth-order valence-electron chi connectivity index (χ4n) is 2.50. The van der Waals surface area contributed by atoms with Gasteiger partial charge in [-0.25, -0.2) is 0 Å². The van der Waals surface area contributed by atoms with Crippen LogP contribution in [0.25, 0.3) is 0 Å². The molecular formula is C13H24N2O2. The molecule has 2 N–H and O–H groups in total. The van der Waals surface area contributed by atoms with Crippen LogP contribution in [0.15, 0.2) is 0 Å². The van der Waals surface area contributed by atoms with Gasteiger partial charge in [0.15, 0.2) is 0 Å². The van der Waals surface area contributed by atoms with E-state index in [9.17, 15) is 9.90 Å². The molecule has 1 aliphatic carbocycles. The van der Waals surface area contributed by atoms with E-state index in [4.69, 9.17) is 0 Å². The minimum atomic E-state index is -0.696. The largest absolute Gasteiger partial charge is 0.481 e. The summed E-state index contributed by atoms with van der Waals surface area (Å²) in [6.45, 7) is 6.38. The highest BCUT2D eigenvalue weighted by molar-refractivity contribution is 5.73. The standard InChI is InChI=1S/C13H24N2O2/c1-13(2,12(16)17)9-15-7-3-4-11(15)8-14-10-5-6-10/h10-11,14H,3-9H2,1-2H3,(H,16,17). The van der Waals surface area contributed by atoms with Crippen molar-refractivity contribution in [3.8, 4) is 0 Å². The highest BCUT2D eigenvalue weighted by Gasteiger charge is 2.35. The molecule has 0 amide bonds. The van der Waals surface area contributed by atoms with Gasteiger partial charge >= 0.3 is 5.97 Å². The number of carbonyl (C=O) groups is 1. The number of aliphatic carboxylic acids is 1. The number of nitrogens with one attached hydrogen (secondary N) is 1. The lowest BCUT2D eigenvalue weighted by Crippen LogP contribution is -2.45. The summed E-state index contributed by atoms with van der Waals surface area (Å²) >= 11 is 0. The Hall–Kier alpha value is -0.610. The third kappa shape index (κ3) is 3.42. The summed E-state index contributed by atoms with van der Waals surface area (Å²) in [5, 5.41) is 12.7. The van der Waals surface area contributed by atoms with Crippen molar-refractivity contribution in [2.75, 3.05) is 19.6 Å². The van der Waals surface area contributed by atoms with Crippen LogP contribution in [0.3, 0.4) is 0 Å². The maximum absolute atomic E-state index is 11.1. The van der Waals surface area contributed by atoms with E-state index in [1.807, 2.05) is 13.8 Å². The molecule has 1 saturated carbocycles. The van der Waals surface area contributed by atoms with Gasteiger partial charge in [0.1, 0.15) is 0 Å². The molecule has 2 aliphatic rings. The normalized spacial score (nSPS) is 26.4. The summed E-state index contributed by atoms with van der Waals surface area (Å²) < 4.78 is 0. The second-order valence-corrected chi connectivity index (χ2v) is 6.14. The summed E-state index contributed by atoms with van der Waals surface area (Å²) in [4.78, 5) is 13.5. The first kappa shape index (κ1) is 12.8. The first-order valence-corrected chi connectivity index (χ1v) is 6.70. The molecule has 1 heterocycles. The minimum absolute atomic E-state index is 0.536. The lowest BCUT2D eigenvalue weighted by Gasteiger charge is -2.31. The van der Waals surface area contributed by atoms with Crippen molar-refractivity contribution in [3.05, 3.63) is 0 Å². The van der Waals surface area contributed by atoms with Crippen molar-refractivity contribution < 1.29 is 9.90 Å². The smallest absolute Gasteiger partial charge is 0.310 e. The molecule has 1 aliphatic heterocycles. The Bertz CT molecular complexity index is 287. The zero-order valence-electron chi connectivity index (χ0n) is 10.9. The second kappa shape index (κ2) is 4.94. The Balaban J connectivity index is 1.83. The zero-order valence-corrected chi connectivity index (χ0v) is 10.9. The quantitative estimate of drug-likeness (QED) is 0.735. The van der Waals surface area contributed by atoms with Crippen LogP contribution in [0, 0.1) is 5.41 Å². The lowest BCUT2D eigenvalue weighted by atomic mass is 9.93. The predicted octanol–water partition coefficient (Wildman–Crippen LogP) is 1.31. The Morgan fingerprint density at radius 3 is 2.71 bits per heavy atom. The van der Waals surface area contributed by atoms with Crippen LogP contribution in [0.1, 0.15) is 39.5 Å². The average Bonchev–Trinajstić information content (AvgIpc) is 2.97. The molecular weight excluding hydrogens is 216 g/mol. The molecule has 1 atom stereocenters. The van der Waals surface area contributed by atoms with Gasteiger partial charge in [0.2, 0.25) is 0 Å². The van der Waals surface area contributed by atoms with Gasteiger partial charge in [-0.1, -0.05) is 0 Å². The molecule has 0 aromatic heterocycles. The SMILES string of the molecule is CC(C)(CN1CCCC1CNC1CC1)C(=O)O. The molecule has 1 saturated heterocycles. The summed E-state index contributed by atoms with van der Waals surface area (Å²) in [5.74, 6) is -0.696. The maximum Gasteiger partial charge on any atom is 0.310 e. The molecule has 4 heteroatoms. The van der Waals surface area contributed by atoms with Crippen molar-refractivity contribution in [2.24, 2.45) is 5.41 Å². The number of nitrogens with zero attached hydrogens (tertiary/aromatic N) is 1. The monoisotopic (exact) mass is 240 g/mol. The second-order valence-electron chi connectivity index (χ2n) is 6.14. The fraction of sp³-hybridized carbons (Fsp3) is 0.923. The van der Waals surface area contributed by atoms with Crippen LogP contribution in [-0.4, -0.2) is 47.7 Å². The molecule has 0 bridgehead atoms. The van der Waals surface area contributed by atoms with Gasteiger partial charge in [-0.2, -0.15) is 0 Å². The van der Waals surface area contributed by atoms with E-state index in [1.54, 1.807) is 0 Å². The van der Waals surface area contributed by atoms with E-state index in [-0.39, 0.29) is 0 Å². The molecule has 0 aromatic carbocycles. The molecule has 17 heavy (non-hydrogen) atoms. The van der Waals surface area contributed by atoms with Crippen LogP contribution in [0.2, 0.25) is 0 Å². The number of hydrogen-bond donors (Lipinski definition) is 2. The van der Waals surface area contributed by atoms with Crippen LogP contribution in [0.4, 0.5) is 0 Å². The number of hydrogen-bond acceptors (Lipinski definition) is 3. The van der Waals surface area contributed by atoms with Crippen molar-refractivity contribution in [1.82, 2.24) is 10.2 Å². The molecule has 2 fully saturated rings.